The standard InChI is InChI=1S/C27H24N2O4/c1-19(2)27(31)33-17-3-16-32-25-14-10-23(11-15-25)26(30)29-24-12-8-22(9-13-24)21-6-4-20(18-28)5-7-21/h4-15H,1,3,16-17H2,2H3,(H,29,30). The summed E-state index contributed by atoms with van der Waals surface area (Å²) >= 11 is 0. The van der Waals surface area contributed by atoms with Gasteiger partial charge in [-0.3, -0.25) is 4.79 Å². The molecule has 0 atom stereocenters. The van der Waals surface area contributed by atoms with Gasteiger partial charge in [0.2, 0.25) is 0 Å². The Morgan fingerprint density at radius 2 is 1.52 bits per heavy atom. The van der Waals surface area contributed by atoms with Crippen LogP contribution in [0.25, 0.3) is 11.1 Å². The summed E-state index contributed by atoms with van der Waals surface area (Å²) in [6, 6.07) is 23.8. The highest BCUT2D eigenvalue weighted by Crippen LogP contribution is 2.22. The number of nitrogens with zero attached hydrogens (tertiary/aromatic N) is 1. The number of benzene rings is 3. The quantitative estimate of drug-likeness (QED) is 0.275. The van der Waals surface area contributed by atoms with Crippen LogP contribution in [0.3, 0.4) is 0 Å². The van der Waals surface area contributed by atoms with Gasteiger partial charge in [-0.2, -0.15) is 5.26 Å². The summed E-state index contributed by atoms with van der Waals surface area (Å²) in [7, 11) is 0. The Balaban J connectivity index is 1.48. The van der Waals surface area contributed by atoms with Gasteiger partial charge in [-0.1, -0.05) is 30.8 Å². The van der Waals surface area contributed by atoms with Gasteiger partial charge < -0.3 is 14.8 Å². The van der Waals surface area contributed by atoms with Gasteiger partial charge >= 0.3 is 5.97 Å². The number of rotatable bonds is 9. The summed E-state index contributed by atoms with van der Waals surface area (Å²) in [5.41, 5.74) is 4.16. The van der Waals surface area contributed by atoms with Crippen LogP contribution >= 0.6 is 0 Å². The first-order valence-corrected chi connectivity index (χ1v) is 10.4. The first-order valence-electron chi connectivity index (χ1n) is 10.4. The van der Waals surface area contributed by atoms with Crippen molar-refractivity contribution in [2.24, 2.45) is 0 Å². The molecule has 0 aliphatic carbocycles. The average molecular weight is 440 g/mol. The number of nitrogens with one attached hydrogen (secondary N) is 1. The molecular weight excluding hydrogens is 416 g/mol. The maximum atomic E-state index is 12.5. The lowest BCUT2D eigenvalue weighted by Crippen LogP contribution is -2.12. The second-order valence-corrected chi connectivity index (χ2v) is 7.36. The zero-order valence-electron chi connectivity index (χ0n) is 18.3. The lowest BCUT2D eigenvalue weighted by atomic mass is 10.0. The zero-order valence-corrected chi connectivity index (χ0v) is 18.3. The molecule has 0 unspecified atom stereocenters. The number of nitriles is 1. The fraction of sp³-hybridized carbons (Fsp3) is 0.148. The third-order valence-electron chi connectivity index (χ3n) is 4.75. The number of esters is 1. The molecule has 6 heteroatoms. The molecule has 0 heterocycles. The Kier molecular flexibility index (Phi) is 7.98. The summed E-state index contributed by atoms with van der Waals surface area (Å²) in [6.45, 7) is 5.77. The minimum absolute atomic E-state index is 0.223. The predicted octanol–water partition coefficient (Wildman–Crippen LogP) is 5.37. The first kappa shape index (κ1) is 23.3. The van der Waals surface area contributed by atoms with E-state index < -0.39 is 5.97 Å². The number of anilines is 1. The highest BCUT2D eigenvalue weighted by Gasteiger charge is 2.07. The number of amides is 1. The van der Waals surface area contributed by atoms with E-state index in [0.29, 0.717) is 41.2 Å². The van der Waals surface area contributed by atoms with Crippen molar-refractivity contribution in [3.8, 4) is 22.9 Å². The molecule has 1 N–H and O–H groups in total. The molecule has 33 heavy (non-hydrogen) atoms. The Bertz CT molecular complexity index is 1160. The SMILES string of the molecule is C=C(C)C(=O)OCCCOc1ccc(C(=O)Nc2ccc(-c3ccc(C#N)cc3)cc2)cc1. The van der Waals surface area contributed by atoms with E-state index in [0.717, 1.165) is 11.1 Å². The van der Waals surface area contributed by atoms with Gasteiger partial charge in [0.25, 0.3) is 5.91 Å². The summed E-state index contributed by atoms with van der Waals surface area (Å²) in [5, 5.41) is 11.8. The third-order valence-corrected chi connectivity index (χ3v) is 4.75. The molecule has 0 aliphatic heterocycles. The van der Waals surface area contributed by atoms with Gasteiger partial charge in [0.15, 0.2) is 0 Å². The maximum Gasteiger partial charge on any atom is 0.333 e. The molecule has 0 bridgehead atoms. The van der Waals surface area contributed by atoms with Gasteiger partial charge in [-0.25, -0.2) is 4.79 Å². The minimum Gasteiger partial charge on any atom is -0.493 e. The van der Waals surface area contributed by atoms with E-state index in [1.54, 1.807) is 43.3 Å². The second kappa shape index (κ2) is 11.3. The van der Waals surface area contributed by atoms with Crippen molar-refractivity contribution < 1.29 is 19.1 Å². The minimum atomic E-state index is -0.408. The fourth-order valence-corrected chi connectivity index (χ4v) is 2.93. The number of carbonyl (C=O) groups is 2. The maximum absolute atomic E-state index is 12.5. The van der Waals surface area contributed by atoms with Crippen molar-refractivity contribution in [3.63, 3.8) is 0 Å². The Morgan fingerprint density at radius 1 is 0.909 bits per heavy atom. The normalized spacial score (nSPS) is 10.1. The second-order valence-electron chi connectivity index (χ2n) is 7.36. The molecule has 0 saturated heterocycles. The molecule has 0 fully saturated rings. The number of carbonyl (C=O) groups excluding carboxylic acids is 2. The van der Waals surface area contributed by atoms with Gasteiger partial charge in [-0.15, -0.1) is 0 Å². The molecule has 0 aromatic heterocycles. The summed E-state index contributed by atoms with van der Waals surface area (Å²) in [6.07, 6.45) is 0.555. The molecule has 166 valence electrons. The number of ether oxygens (including phenoxy) is 2. The summed E-state index contributed by atoms with van der Waals surface area (Å²) in [4.78, 5) is 23.8. The van der Waals surface area contributed by atoms with Gasteiger partial charge in [-0.05, 0) is 66.6 Å². The zero-order chi connectivity index (χ0) is 23.6. The van der Waals surface area contributed by atoms with Crippen LogP contribution in [-0.2, 0) is 9.53 Å². The molecule has 0 saturated carbocycles. The van der Waals surface area contributed by atoms with E-state index in [1.807, 2.05) is 36.4 Å². The molecule has 0 radical (unpaired) electrons. The summed E-state index contributed by atoms with van der Waals surface area (Å²) in [5.74, 6) is -0.00168. The molecule has 3 aromatic carbocycles. The molecule has 1 amide bonds. The average Bonchev–Trinajstić information content (AvgIpc) is 2.84. The number of hydrogen-bond acceptors (Lipinski definition) is 5. The molecule has 3 aromatic rings. The van der Waals surface area contributed by atoms with Crippen LogP contribution in [0.15, 0.2) is 84.9 Å². The number of hydrogen-bond donors (Lipinski definition) is 1. The van der Waals surface area contributed by atoms with Gasteiger partial charge in [0.1, 0.15) is 5.75 Å². The Morgan fingerprint density at radius 3 is 2.09 bits per heavy atom. The fourth-order valence-electron chi connectivity index (χ4n) is 2.93. The van der Waals surface area contributed by atoms with Crippen LogP contribution in [0.1, 0.15) is 29.3 Å². The van der Waals surface area contributed by atoms with Crippen LogP contribution in [0, 0.1) is 11.3 Å². The molecule has 0 spiro atoms. The molecular formula is C27H24N2O4. The monoisotopic (exact) mass is 440 g/mol. The van der Waals surface area contributed by atoms with Crippen molar-refractivity contribution in [1.29, 1.82) is 5.26 Å². The van der Waals surface area contributed by atoms with E-state index in [-0.39, 0.29) is 12.5 Å². The lowest BCUT2D eigenvalue weighted by molar-refractivity contribution is -0.139. The van der Waals surface area contributed by atoms with Crippen LogP contribution < -0.4 is 10.1 Å². The van der Waals surface area contributed by atoms with Gasteiger partial charge in [0.05, 0.1) is 24.8 Å². The summed E-state index contributed by atoms with van der Waals surface area (Å²) < 4.78 is 10.6. The largest absolute Gasteiger partial charge is 0.493 e. The van der Waals surface area contributed by atoms with E-state index in [9.17, 15) is 9.59 Å². The lowest BCUT2D eigenvalue weighted by Gasteiger charge is -2.09. The predicted molar refractivity (Wildman–Crippen MR) is 127 cm³/mol. The molecule has 3 rings (SSSR count). The van der Waals surface area contributed by atoms with E-state index in [1.165, 1.54) is 0 Å². The van der Waals surface area contributed by atoms with Crippen LogP contribution in [0.4, 0.5) is 5.69 Å². The first-order chi connectivity index (χ1) is 16.0. The van der Waals surface area contributed by atoms with E-state index >= 15 is 0 Å². The van der Waals surface area contributed by atoms with Crippen molar-refractivity contribution in [2.75, 3.05) is 18.5 Å². The topological polar surface area (TPSA) is 88.4 Å². The van der Waals surface area contributed by atoms with Gasteiger partial charge in [0, 0.05) is 23.2 Å². The third kappa shape index (κ3) is 6.81. The Labute approximate surface area is 193 Å². The van der Waals surface area contributed by atoms with Crippen LogP contribution in [0.2, 0.25) is 0 Å². The van der Waals surface area contributed by atoms with Crippen molar-refractivity contribution in [3.05, 3.63) is 96.1 Å². The van der Waals surface area contributed by atoms with Crippen LogP contribution in [0.5, 0.6) is 5.75 Å². The molecule has 6 nitrogen and oxygen atoms in total. The Hall–Kier alpha value is -4.37. The van der Waals surface area contributed by atoms with Crippen molar-refractivity contribution >= 4 is 17.6 Å². The van der Waals surface area contributed by atoms with E-state index in [2.05, 4.69) is 18.0 Å². The smallest absolute Gasteiger partial charge is 0.333 e. The van der Waals surface area contributed by atoms with Crippen molar-refractivity contribution in [1.82, 2.24) is 0 Å². The van der Waals surface area contributed by atoms with Crippen LogP contribution in [-0.4, -0.2) is 25.1 Å². The highest BCUT2D eigenvalue weighted by atomic mass is 16.5. The molecule has 0 aliphatic rings. The highest BCUT2D eigenvalue weighted by molar-refractivity contribution is 6.04. The van der Waals surface area contributed by atoms with E-state index in [4.69, 9.17) is 14.7 Å². The van der Waals surface area contributed by atoms with Crippen molar-refractivity contribution in [2.45, 2.75) is 13.3 Å².